The van der Waals surface area contributed by atoms with Gasteiger partial charge < -0.3 is 10.6 Å². The van der Waals surface area contributed by atoms with E-state index in [0.717, 1.165) is 19.4 Å². The Morgan fingerprint density at radius 3 is 2.45 bits per heavy atom. The van der Waals surface area contributed by atoms with E-state index in [9.17, 15) is 18.0 Å². The highest BCUT2D eigenvalue weighted by atomic mass is 35.5. The zero-order valence-corrected chi connectivity index (χ0v) is 11.7. The molecule has 1 amide bonds. The highest BCUT2D eigenvalue weighted by Gasteiger charge is 2.23. The molecule has 0 bridgehead atoms. The summed E-state index contributed by atoms with van der Waals surface area (Å²) >= 11 is 0. The van der Waals surface area contributed by atoms with Crippen molar-refractivity contribution in [3.8, 4) is 0 Å². The molecule has 1 fully saturated rings. The van der Waals surface area contributed by atoms with E-state index in [-0.39, 0.29) is 30.1 Å². The van der Waals surface area contributed by atoms with Crippen LogP contribution in [0.4, 0.5) is 13.2 Å². The molecule has 20 heavy (non-hydrogen) atoms. The summed E-state index contributed by atoms with van der Waals surface area (Å²) in [5.74, 6) is -4.89. The lowest BCUT2D eigenvalue weighted by molar-refractivity contribution is 0.0918. The zero-order chi connectivity index (χ0) is 14.0. The first-order valence-electron chi connectivity index (χ1n) is 6.18. The average Bonchev–Trinajstić information content (AvgIpc) is 2.38. The normalized spacial score (nSPS) is 22.0. The Labute approximate surface area is 121 Å². The first kappa shape index (κ1) is 16.8. The maximum Gasteiger partial charge on any atom is 0.251 e. The van der Waals surface area contributed by atoms with Crippen molar-refractivity contribution in [1.29, 1.82) is 0 Å². The topological polar surface area (TPSA) is 41.1 Å². The van der Waals surface area contributed by atoms with Crippen LogP contribution < -0.4 is 10.6 Å². The standard InChI is InChI=1S/C13H15F3N2O.ClH/c1-7-11(3-2-4-17-7)18-13(19)8-5-9(14)12(16)10(15)6-8;/h5-7,11,17H,2-4H2,1H3,(H,18,19);1H. The average molecular weight is 309 g/mol. The van der Waals surface area contributed by atoms with Gasteiger partial charge in [0.05, 0.1) is 0 Å². The maximum atomic E-state index is 13.0. The summed E-state index contributed by atoms with van der Waals surface area (Å²) in [5.41, 5.74) is -0.214. The van der Waals surface area contributed by atoms with E-state index in [1.807, 2.05) is 6.92 Å². The van der Waals surface area contributed by atoms with Crippen LogP contribution in [0.15, 0.2) is 12.1 Å². The SMILES string of the molecule is CC1NCCCC1NC(=O)c1cc(F)c(F)c(F)c1.Cl. The molecular formula is C13H16ClF3N2O. The van der Waals surface area contributed by atoms with Crippen molar-refractivity contribution in [3.63, 3.8) is 0 Å². The second kappa shape index (κ2) is 6.95. The largest absolute Gasteiger partial charge is 0.348 e. The number of hydrogen-bond donors (Lipinski definition) is 2. The fraction of sp³-hybridized carbons (Fsp3) is 0.462. The molecule has 0 aliphatic carbocycles. The maximum absolute atomic E-state index is 13.0. The summed E-state index contributed by atoms with van der Waals surface area (Å²) in [6.07, 6.45) is 1.72. The van der Waals surface area contributed by atoms with Crippen LogP contribution in [0.2, 0.25) is 0 Å². The van der Waals surface area contributed by atoms with Crippen molar-refractivity contribution in [1.82, 2.24) is 10.6 Å². The van der Waals surface area contributed by atoms with E-state index < -0.39 is 23.4 Å². The smallest absolute Gasteiger partial charge is 0.251 e. The molecule has 2 rings (SSSR count). The van der Waals surface area contributed by atoms with Crippen LogP contribution in [-0.4, -0.2) is 24.5 Å². The minimum atomic E-state index is -1.57. The summed E-state index contributed by atoms with van der Waals surface area (Å²) in [6.45, 7) is 2.81. The van der Waals surface area contributed by atoms with E-state index in [2.05, 4.69) is 10.6 Å². The third-order valence-electron chi connectivity index (χ3n) is 3.32. The van der Waals surface area contributed by atoms with Crippen molar-refractivity contribution in [2.24, 2.45) is 0 Å². The number of carbonyl (C=O) groups excluding carboxylic acids is 1. The second-order valence-corrected chi connectivity index (χ2v) is 4.72. The summed E-state index contributed by atoms with van der Waals surface area (Å²) in [6, 6.07) is 1.40. The molecule has 1 aliphatic heterocycles. The monoisotopic (exact) mass is 308 g/mol. The number of piperidine rings is 1. The zero-order valence-electron chi connectivity index (χ0n) is 10.9. The van der Waals surface area contributed by atoms with E-state index in [4.69, 9.17) is 0 Å². The first-order valence-corrected chi connectivity index (χ1v) is 6.18. The van der Waals surface area contributed by atoms with Crippen molar-refractivity contribution >= 4 is 18.3 Å². The van der Waals surface area contributed by atoms with Crippen molar-refractivity contribution in [2.45, 2.75) is 31.8 Å². The Morgan fingerprint density at radius 2 is 1.90 bits per heavy atom. The van der Waals surface area contributed by atoms with Gasteiger partial charge in [0, 0.05) is 17.6 Å². The number of hydrogen-bond acceptors (Lipinski definition) is 2. The lowest BCUT2D eigenvalue weighted by Gasteiger charge is -2.30. The number of carbonyl (C=O) groups is 1. The van der Waals surface area contributed by atoms with Gasteiger partial charge in [0.15, 0.2) is 17.5 Å². The van der Waals surface area contributed by atoms with E-state index in [1.54, 1.807) is 0 Å². The number of halogens is 4. The van der Waals surface area contributed by atoms with Crippen LogP contribution in [0.25, 0.3) is 0 Å². The van der Waals surface area contributed by atoms with Crippen LogP contribution in [0, 0.1) is 17.5 Å². The molecule has 0 radical (unpaired) electrons. The first-order chi connectivity index (χ1) is 8.99. The van der Waals surface area contributed by atoms with Gasteiger partial charge >= 0.3 is 0 Å². The van der Waals surface area contributed by atoms with Crippen LogP contribution >= 0.6 is 12.4 Å². The van der Waals surface area contributed by atoms with Crippen molar-refractivity contribution < 1.29 is 18.0 Å². The molecule has 2 unspecified atom stereocenters. The summed E-state index contributed by atoms with van der Waals surface area (Å²) in [7, 11) is 0. The number of rotatable bonds is 2. The highest BCUT2D eigenvalue weighted by Crippen LogP contribution is 2.15. The fourth-order valence-corrected chi connectivity index (χ4v) is 2.18. The van der Waals surface area contributed by atoms with Gasteiger partial charge in [0.2, 0.25) is 0 Å². The molecule has 1 heterocycles. The summed E-state index contributed by atoms with van der Waals surface area (Å²) in [4.78, 5) is 11.9. The molecule has 0 saturated carbocycles. The highest BCUT2D eigenvalue weighted by molar-refractivity contribution is 5.94. The van der Waals surface area contributed by atoms with Crippen LogP contribution in [-0.2, 0) is 0 Å². The third kappa shape index (κ3) is 3.64. The van der Waals surface area contributed by atoms with Gasteiger partial charge in [-0.25, -0.2) is 13.2 Å². The number of nitrogens with one attached hydrogen (secondary N) is 2. The van der Waals surface area contributed by atoms with Crippen molar-refractivity contribution in [3.05, 3.63) is 35.1 Å². The lowest BCUT2D eigenvalue weighted by atomic mass is 9.99. The van der Waals surface area contributed by atoms with Gasteiger partial charge in [-0.1, -0.05) is 0 Å². The molecule has 0 spiro atoms. The minimum absolute atomic E-state index is 0. The van der Waals surface area contributed by atoms with E-state index in [0.29, 0.717) is 12.1 Å². The molecule has 1 saturated heterocycles. The molecule has 1 aliphatic rings. The Balaban J connectivity index is 0.00000200. The molecule has 0 aromatic heterocycles. The number of amides is 1. The second-order valence-electron chi connectivity index (χ2n) is 4.72. The quantitative estimate of drug-likeness (QED) is 0.824. The van der Waals surface area contributed by atoms with Gasteiger partial charge in [-0.05, 0) is 38.4 Å². The molecule has 1 aromatic carbocycles. The van der Waals surface area contributed by atoms with Crippen LogP contribution in [0.5, 0.6) is 0 Å². The molecule has 3 nitrogen and oxygen atoms in total. The van der Waals surface area contributed by atoms with Gasteiger partial charge in [0.25, 0.3) is 5.91 Å². The van der Waals surface area contributed by atoms with Gasteiger partial charge in [0.1, 0.15) is 0 Å². The van der Waals surface area contributed by atoms with Crippen LogP contribution in [0.1, 0.15) is 30.1 Å². The third-order valence-corrected chi connectivity index (χ3v) is 3.32. The Bertz CT molecular complexity index is 475. The van der Waals surface area contributed by atoms with Gasteiger partial charge in [-0.15, -0.1) is 12.4 Å². The van der Waals surface area contributed by atoms with E-state index >= 15 is 0 Å². The lowest BCUT2D eigenvalue weighted by Crippen LogP contribution is -2.51. The molecule has 7 heteroatoms. The Kier molecular flexibility index (Phi) is 5.83. The fourth-order valence-electron chi connectivity index (χ4n) is 2.18. The number of benzene rings is 1. The predicted octanol–water partition coefficient (Wildman–Crippen LogP) is 2.40. The molecule has 2 N–H and O–H groups in total. The Hall–Kier alpha value is -1.27. The van der Waals surface area contributed by atoms with E-state index in [1.165, 1.54) is 0 Å². The van der Waals surface area contributed by atoms with Gasteiger partial charge in [-0.3, -0.25) is 4.79 Å². The molecule has 112 valence electrons. The molecule has 2 atom stereocenters. The van der Waals surface area contributed by atoms with Crippen molar-refractivity contribution in [2.75, 3.05) is 6.54 Å². The van der Waals surface area contributed by atoms with Gasteiger partial charge in [-0.2, -0.15) is 0 Å². The Morgan fingerprint density at radius 1 is 1.30 bits per heavy atom. The molecular weight excluding hydrogens is 293 g/mol. The minimum Gasteiger partial charge on any atom is -0.348 e. The predicted molar refractivity (Wildman–Crippen MR) is 71.5 cm³/mol. The molecule has 1 aromatic rings. The van der Waals surface area contributed by atoms with Crippen LogP contribution in [0.3, 0.4) is 0 Å². The summed E-state index contributed by atoms with van der Waals surface area (Å²) < 4.78 is 38.9. The summed E-state index contributed by atoms with van der Waals surface area (Å²) in [5, 5.41) is 5.90.